The summed E-state index contributed by atoms with van der Waals surface area (Å²) in [6, 6.07) is 16.0. The fourth-order valence-electron chi connectivity index (χ4n) is 2.52. The molecular formula is C21H19BrN4O2S. The van der Waals surface area contributed by atoms with Crippen molar-refractivity contribution < 1.29 is 9.59 Å². The molecule has 0 aliphatic carbocycles. The average Bonchev–Trinajstić information content (AvgIpc) is 2.70. The van der Waals surface area contributed by atoms with E-state index < -0.39 is 0 Å². The van der Waals surface area contributed by atoms with Crippen molar-refractivity contribution in [3.8, 4) is 0 Å². The monoisotopic (exact) mass is 470 g/mol. The number of carbonyl (C=O) groups excluding carboxylic acids is 2. The fourth-order valence-corrected chi connectivity index (χ4v) is 3.69. The normalized spacial score (nSPS) is 10.4. The molecule has 0 unspecified atom stereocenters. The van der Waals surface area contributed by atoms with E-state index in [0.29, 0.717) is 16.9 Å². The number of amides is 2. The second-order valence-electron chi connectivity index (χ2n) is 6.33. The molecule has 0 atom stereocenters. The van der Waals surface area contributed by atoms with E-state index in [9.17, 15) is 9.59 Å². The molecule has 2 amide bonds. The van der Waals surface area contributed by atoms with Crippen LogP contribution in [0.3, 0.4) is 0 Å². The van der Waals surface area contributed by atoms with Crippen molar-refractivity contribution in [3.63, 3.8) is 0 Å². The molecule has 0 aliphatic rings. The zero-order valence-electron chi connectivity index (χ0n) is 15.9. The summed E-state index contributed by atoms with van der Waals surface area (Å²) >= 11 is 4.86. The summed E-state index contributed by atoms with van der Waals surface area (Å²) in [5, 5.41) is 0.736. The van der Waals surface area contributed by atoms with Gasteiger partial charge in [0.2, 0.25) is 0 Å². The molecule has 148 valence electrons. The number of thioether (sulfide) groups is 1. The molecule has 0 radical (unpaired) electrons. The Hall–Kier alpha value is -2.71. The van der Waals surface area contributed by atoms with Gasteiger partial charge in [0.1, 0.15) is 0 Å². The van der Waals surface area contributed by atoms with Crippen LogP contribution in [0.1, 0.15) is 37.7 Å². The molecule has 0 saturated heterocycles. The Balaban J connectivity index is 1.53. The molecular weight excluding hydrogens is 452 g/mol. The highest BCUT2D eigenvalue weighted by molar-refractivity contribution is 9.10. The predicted molar refractivity (Wildman–Crippen MR) is 117 cm³/mol. The zero-order chi connectivity index (χ0) is 20.8. The van der Waals surface area contributed by atoms with E-state index >= 15 is 0 Å². The first-order chi connectivity index (χ1) is 13.9. The Morgan fingerprint density at radius 1 is 0.862 bits per heavy atom. The smallest absolute Gasteiger partial charge is 0.267 e. The van der Waals surface area contributed by atoms with Gasteiger partial charge in [0, 0.05) is 32.7 Å². The first-order valence-corrected chi connectivity index (χ1v) is 10.6. The van der Waals surface area contributed by atoms with Gasteiger partial charge in [-0.1, -0.05) is 39.8 Å². The molecule has 0 fully saturated rings. The van der Waals surface area contributed by atoms with Gasteiger partial charge in [0.15, 0.2) is 5.16 Å². The first kappa shape index (κ1) is 21.0. The average molecular weight is 471 g/mol. The molecule has 0 aliphatic heterocycles. The van der Waals surface area contributed by atoms with E-state index in [1.165, 1.54) is 0 Å². The molecule has 6 nitrogen and oxygen atoms in total. The summed E-state index contributed by atoms with van der Waals surface area (Å²) < 4.78 is 0.875. The highest BCUT2D eigenvalue weighted by Crippen LogP contribution is 2.20. The molecule has 0 bridgehead atoms. The van der Waals surface area contributed by atoms with Gasteiger partial charge in [-0.3, -0.25) is 20.4 Å². The third kappa shape index (κ3) is 6.13. The summed E-state index contributed by atoms with van der Waals surface area (Å²) in [5.41, 5.74) is 8.68. The molecule has 2 aromatic carbocycles. The summed E-state index contributed by atoms with van der Waals surface area (Å²) in [4.78, 5) is 33.1. The minimum atomic E-state index is -0.382. The van der Waals surface area contributed by atoms with Crippen molar-refractivity contribution in [3.05, 3.63) is 87.1 Å². The number of nitrogens with one attached hydrogen (secondary N) is 2. The molecule has 8 heteroatoms. The van der Waals surface area contributed by atoms with Crippen LogP contribution in [0.25, 0.3) is 0 Å². The second-order valence-corrected chi connectivity index (χ2v) is 8.19. The Kier molecular flexibility index (Phi) is 7.00. The van der Waals surface area contributed by atoms with E-state index in [1.54, 1.807) is 48.2 Å². The number of aryl methyl sites for hydroxylation is 2. The van der Waals surface area contributed by atoms with Crippen molar-refractivity contribution in [2.24, 2.45) is 0 Å². The summed E-state index contributed by atoms with van der Waals surface area (Å²) in [7, 11) is 0. The van der Waals surface area contributed by atoms with E-state index in [1.807, 2.05) is 32.0 Å². The lowest BCUT2D eigenvalue weighted by molar-refractivity contribution is 0.0846. The standard InChI is InChI=1S/C21H19BrN4O2S/c1-13-11-14(2)24-21(23-13)29-12-15-3-5-16(6-4-15)19(27)25-26-20(28)17-7-9-18(22)10-8-17/h3-11H,12H2,1-2H3,(H,25,27)(H,26,28). The number of hydrogen-bond acceptors (Lipinski definition) is 5. The number of carbonyl (C=O) groups is 2. The zero-order valence-corrected chi connectivity index (χ0v) is 18.3. The lowest BCUT2D eigenvalue weighted by Crippen LogP contribution is -2.41. The maximum atomic E-state index is 12.2. The van der Waals surface area contributed by atoms with Crippen LogP contribution in [-0.4, -0.2) is 21.8 Å². The van der Waals surface area contributed by atoms with Crippen LogP contribution in [-0.2, 0) is 5.75 Å². The summed E-state index contributed by atoms with van der Waals surface area (Å²) in [6.45, 7) is 3.89. The van der Waals surface area contributed by atoms with Gasteiger partial charge >= 0.3 is 0 Å². The molecule has 0 spiro atoms. The third-order valence-electron chi connectivity index (χ3n) is 3.94. The Morgan fingerprint density at radius 2 is 1.34 bits per heavy atom. The lowest BCUT2D eigenvalue weighted by Gasteiger charge is -2.08. The van der Waals surface area contributed by atoms with Gasteiger partial charge in [-0.2, -0.15) is 0 Å². The Morgan fingerprint density at radius 3 is 1.86 bits per heavy atom. The van der Waals surface area contributed by atoms with Crippen LogP contribution in [0.5, 0.6) is 0 Å². The molecule has 1 heterocycles. The van der Waals surface area contributed by atoms with Crippen LogP contribution in [0.4, 0.5) is 0 Å². The minimum absolute atomic E-state index is 0.382. The van der Waals surface area contributed by atoms with Crippen molar-refractivity contribution >= 4 is 39.5 Å². The first-order valence-electron chi connectivity index (χ1n) is 8.81. The van der Waals surface area contributed by atoms with Gasteiger partial charge in [0.05, 0.1) is 0 Å². The van der Waals surface area contributed by atoms with Crippen molar-refractivity contribution in [1.82, 2.24) is 20.8 Å². The molecule has 2 N–H and O–H groups in total. The largest absolute Gasteiger partial charge is 0.269 e. The van der Waals surface area contributed by atoms with Crippen LogP contribution in [0.15, 0.2) is 64.2 Å². The molecule has 0 saturated carbocycles. The van der Waals surface area contributed by atoms with Crippen LogP contribution >= 0.6 is 27.7 Å². The van der Waals surface area contributed by atoms with Gasteiger partial charge in [-0.25, -0.2) is 9.97 Å². The van der Waals surface area contributed by atoms with Gasteiger partial charge in [-0.05, 0) is 61.9 Å². The minimum Gasteiger partial charge on any atom is -0.267 e. The fraction of sp³-hybridized carbons (Fsp3) is 0.143. The van der Waals surface area contributed by atoms with Crippen LogP contribution < -0.4 is 10.9 Å². The third-order valence-corrected chi connectivity index (χ3v) is 5.39. The van der Waals surface area contributed by atoms with E-state index in [2.05, 4.69) is 36.7 Å². The number of hydrogen-bond donors (Lipinski definition) is 2. The number of nitrogens with zero attached hydrogens (tertiary/aromatic N) is 2. The Bertz CT molecular complexity index is 1000. The van der Waals surface area contributed by atoms with Crippen molar-refractivity contribution in [2.75, 3.05) is 0 Å². The summed E-state index contributed by atoms with van der Waals surface area (Å²) in [6.07, 6.45) is 0. The Labute approximate surface area is 181 Å². The quantitative estimate of drug-likeness (QED) is 0.331. The SMILES string of the molecule is Cc1cc(C)nc(SCc2ccc(C(=O)NNC(=O)c3ccc(Br)cc3)cc2)n1. The van der Waals surface area contributed by atoms with Crippen LogP contribution in [0.2, 0.25) is 0 Å². The van der Waals surface area contributed by atoms with Crippen molar-refractivity contribution in [1.29, 1.82) is 0 Å². The van der Waals surface area contributed by atoms with E-state index in [4.69, 9.17) is 0 Å². The highest BCUT2D eigenvalue weighted by atomic mass is 79.9. The van der Waals surface area contributed by atoms with E-state index in [-0.39, 0.29) is 11.8 Å². The number of rotatable bonds is 5. The molecule has 29 heavy (non-hydrogen) atoms. The highest BCUT2D eigenvalue weighted by Gasteiger charge is 2.09. The lowest BCUT2D eigenvalue weighted by atomic mass is 10.1. The number of benzene rings is 2. The molecule has 3 rings (SSSR count). The molecule has 3 aromatic rings. The van der Waals surface area contributed by atoms with E-state index in [0.717, 1.165) is 26.6 Å². The van der Waals surface area contributed by atoms with Crippen molar-refractivity contribution in [2.45, 2.75) is 24.8 Å². The number of aromatic nitrogens is 2. The predicted octanol–water partition coefficient (Wildman–Crippen LogP) is 4.22. The van der Waals surface area contributed by atoms with Gasteiger partial charge in [0.25, 0.3) is 11.8 Å². The number of halogens is 1. The maximum Gasteiger partial charge on any atom is 0.269 e. The van der Waals surface area contributed by atoms with Crippen LogP contribution in [0, 0.1) is 13.8 Å². The summed E-state index contributed by atoms with van der Waals surface area (Å²) in [5.74, 6) is -0.0647. The second kappa shape index (κ2) is 9.67. The van der Waals surface area contributed by atoms with Gasteiger partial charge < -0.3 is 0 Å². The maximum absolute atomic E-state index is 12.2. The molecule has 1 aromatic heterocycles. The topological polar surface area (TPSA) is 84.0 Å². The van der Waals surface area contributed by atoms with Gasteiger partial charge in [-0.15, -0.1) is 0 Å². The number of hydrazine groups is 1.